The average molecular weight is 190 g/mol. The summed E-state index contributed by atoms with van der Waals surface area (Å²) in [6.45, 7) is 0. The third-order valence-corrected chi connectivity index (χ3v) is 1.84. The van der Waals surface area contributed by atoms with Crippen LogP contribution in [0.1, 0.15) is 0 Å². The Labute approximate surface area is 79.3 Å². The number of nitrogens with one attached hydrogen (secondary N) is 1. The molecular formula is C10H7FN2O. The molecule has 2 heterocycles. The van der Waals surface area contributed by atoms with Crippen molar-refractivity contribution in [2.45, 2.75) is 0 Å². The molecule has 70 valence electrons. The molecule has 2 aromatic heterocycles. The molecule has 1 N–H and O–H groups in total. The first-order valence-electron chi connectivity index (χ1n) is 4.06. The molecule has 0 aliphatic carbocycles. The molecule has 0 radical (unpaired) electrons. The fraction of sp³-hybridized carbons (Fsp3) is 0. The van der Waals surface area contributed by atoms with Crippen molar-refractivity contribution in [3.05, 3.63) is 53.0 Å². The Kier molecular flexibility index (Phi) is 2.10. The van der Waals surface area contributed by atoms with Gasteiger partial charge in [0, 0.05) is 24.2 Å². The van der Waals surface area contributed by atoms with Crippen LogP contribution >= 0.6 is 0 Å². The minimum absolute atomic E-state index is 0.290. The van der Waals surface area contributed by atoms with Crippen LogP contribution in [0, 0.1) is 5.82 Å². The summed E-state index contributed by atoms with van der Waals surface area (Å²) in [6.07, 6.45) is 4.14. The first-order valence-corrected chi connectivity index (χ1v) is 4.06. The fourth-order valence-corrected chi connectivity index (χ4v) is 1.19. The van der Waals surface area contributed by atoms with Crippen LogP contribution in [0.25, 0.3) is 11.1 Å². The minimum atomic E-state index is -0.469. The Morgan fingerprint density at radius 1 is 1.43 bits per heavy atom. The van der Waals surface area contributed by atoms with Gasteiger partial charge in [0.1, 0.15) is 5.82 Å². The highest BCUT2D eigenvalue weighted by molar-refractivity contribution is 5.60. The summed E-state index contributed by atoms with van der Waals surface area (Å²) in [4.78, 5) is 17.5. The lowest BCUT2D eigenvalue weighted by atomic mass is 10.1. The van der Waals surface area contributed by atoms with Crippen LogP contribution in [0.2, 0.25) is 0 Å². The molecule has 0 fully saturated rings. The predicted molar refractivity (Wildman–Crippen MR) is 50.3 cm³/mol. The largest absolute Gasteiger partial charge is 0.326 e. The second-order valence-corrected chi connectivity index (χ2v) is 2.80. The number of rotatable bonds is 1. The summed E-state index contributed by atoms with van der Waals surface area (Å²) in [5, 5.41) is 0. The van der Waals surface area contributed by atoms with E-state index >= 15 is 0 Å². The zero-order valence-corrected chi connectivity index (χ0v) is 7.20. The summed E-state index contributed by atoms with van der Waals surface area (Å²) in [5.74, 6) is -0.469. The second kappa shape index (κ2) is 3.41. The predicted octanol–water partition coefficient (Wildman–Crippen LogP) is 1.58. The first-order chi connectivity index (χ1) is 6.77. The maximum Gasteiger partial charge on any atom is 0.256 e. The lowest BCUT2D eigenvalue weighted by Crippen LogP contribution is -2.08. The topological polar surface area (TPSA) is 45.8 Å². The second-order valence-electron chi connectivity index (χ2n) is 2.80. The highest BCUT2D eigenvalue weighted by Crippen LogP contribution is 2.13. The lowest BCUT2D eigenvalue weighted by Gasteiger charge is -1.98. The van der Waals surface area contributed by atoms with Crippen molar-refractivity contribution in [3.8, 4) is 11.1 Å². The third kappa shape index (κ3) is 1.54. The van der Waals surface area contributed by atoms with Gasteiger partial charge < -0.3 is 4.98 Å². The van der Waals surface area contributed by atoms with Crippen LogP contribution in [-0.4, -0.2) is 9.97 Å². The van der Waals surface area contributed by atoms with Gasteiger partial charge in [-0.15, -0.1) is 0 Å². The third-order valence-electron chi connectivity index (χ3n) is 1.84. The number of hydrogen-bond donors (Lipinski definition) is 1. The van der Waals surface area contributed by atoms with E-state index in [-0.39, 0.29) is 11.1 Å². The van der Waals surface area contributed by atoms with Gasteiger partial charge in [-0.05, 0) is 12.1 Å². The molecule has 0 unspecified atom stereocenters. The van der Waals surface area contributed by atoms with E-state index in [4.69, 9.17) is 0 Å². The van der Waals surface area contributed by atoms with Crippen LogP contribution in [0.5, 0.6) is 0 Å². The van der Waals surface area contributed by atoms with Gasteiger partial charge in [-0.1, -0.05) is 6.07 Å². The van der Waals surface area contributed by atoms with Gasteiger partial charge in [-0.25, -0.2) is 4.39 Å². The van der Waals surface area contributed by atoms with E-state index < -0.39 is 5.82 Å². The Balaban J connectivity index is 2.63. The molecule has 3 nitrogen and oxygen atoms in total. The van der Waals surface area contributed by atoms with Crippen LogP contribution < -0.4 is 5.56 Å². The van der Waals surface area contributed by atoms with Gasteiger partial charge in [0.2, 0.25) is 0 Å². The summed E-state index contributed by atoms with van der Waals surface area (Å²) >= 11 is 0. The summed E-state index contributed by atoms with van der Waals surface area (Å²) < 4.78 is 12.8. The van der Waals surface area contributed by atoms with Crippen molar-refractivity contribution in [1.29, 1.82) is 0 Å². The number of pyridine rings is 2. The molecule has 2 rings (SSSR count). The number of H-pyrrole nitrogens is 1. The van der Waals surface area contributed by atoms with Gasteiger partial charge in [0.15, 0.2) is 0 Å². The standard InChI is InChI=1S/C10H7FN2O/c11-8-4-9(10(14)13-6-8)7-2-1-3-12-5-7/h1-6H,(H,13,14). The molecular weight excluding hydrogens is 183 g/mol. The van der Waals surface area contributed by atoms with Crippen LogP contribution in [0.15, 0.2) is 41.6 Å². The molecule has 0 saturated carbocycles. The van der Waals surface area contributed by atoms with Gasteiger partial charge in [-0.3, -0.25) is 9.78 Å². The molecule has 14 heavy (non-hydrogen) atoms. The maximum atomic E-state index is 12.8. The minimum Gasteiger partial charge on any atom is -0.326 e. The van der Waals surface area contributed by atoms with Crippen molar-refractivity contribution in [2.24, 2.45) is 0 Å². The van der Waals surface area contributed by atoms with Crippen LogP contribution in [0.3, 0.4) is 0 Å². The number of halogens is 1. The Morgan fingerprint density at radius 2 is 2.29 bits per heavy atom. The van der Waals surface area contributed by atoms with Gasteiger partial charge >= 0.3 is 0 Å². The Hall–Kier alpha value is -1.97. The zero-order chi connectivity index (χ0) is 9.97. The SMILES string of the molecule is O=c1[nH]cc(F)cc1-c1cccnc1. The van der Waals surface area contributed by atoms with Crippen LogP contribution in [0.4, 0.5) is 4.39 Å². The number of nitrogens with zero attached hydrogens (tertiary/aromatic N) is 1. The van der Waals surface area contributed by atoms with E-state index in [2.05, 4.69) is 9.97 Å². The molecule has 0 spiro atoms. The Bertz CT molecular complexity index is 493. The molecule has 0 aromatic carbocycles. The molecule has 0 aliphatic rings. The smallest absolute Gasteiger partial charge is 0.256 e. The van der Waals surface area contributed by atoms with E-state index in [0.717, 1.165) is 6.20 Å². The van der Waals surface area contributed by atoms with Gasteiger partial charge in [0.25, 0.3) is 5.56 Å². The first kappa shape index (κ1) is 8.62. The van der Waals surface area contributed by atoms with E-state index in [9.17, 15) is 9.18 Å². The molecule has 4 heteroatoms. The highest BCUT2D eigenvalue weighted by atomic mass is 19.1. The monoisotopic (exact) mass is 190 g/mol. The highest BCUT2D eigenvalue weighted by Gasteiger charge is 2.03. The number of aromatic amines is 1. The average Bonchev–Trinajstić information content (AvgIpc) is 2.23. The van der Waals surface area contributed by atoms with Crippen molar-refractivity contribution in [2.75, 3.05) is 0 Å². The summed E-state index contributed by atoms with van der Waals surface area (Å²) in [5.41, 5.74) is 0.575. The van der Waals surface area contributed by atoms with E-state index in [1.54, 1.807) is 18.3 Å². The van der Waals surface area contributed by atoms with Gasteiger partial charge in [0.05, 0.1) is 5.56 Å². The fourth-order valence-electron chi connectivity index (χ4n) is 1.19. The van der Waals surface area contributed by atoms with Crippen molar-refractivity contribution < 1.29 is 4.39 Å². The van der Waals surface area contributed by atoms with E-state index in [0.29, 0.717) is 5.56 Å². The molecule has 0 saturated heterocycles. The molecule has 0 aliphatic heterocycles. The molecule has 2 aromatic rings. The van der Waals surface area contributed by atoms with Crippen molar-refractivity contribution in [3.63, 3.8) is 0 Å². The van der Waals surface area contributed by atoms with Crippen LogP contribution in [-0.2, 0) is 0 Å². The van der Waals surface area contributed by atoms with E-state index in [1.165, 1.54) is 12.3 Å². The summed E-state index contributed by atoms with van der Waals surface area (Å²) in [6, 6.07) is 4.59. The van der Waals surface area contributed by atoms with E-state index in [1.807, 2.05) is 0 Å². The lowest BCUT2D eigenvalue weighted by molar-refractivity contribution is 0.621. The van der Waals surface area contributed by atoms with Crippen molar-refractivity contribution in [1.82, 2.24) is 9.97 Å². The molecule has 0 bridgehead atoms. The zero-order valence-electron chi connectivity index (χ0n) is 7.20. The Morgan fingerprint density at radius 3 is 3.00 bits per heavy atom. The number of aromatic nitrogens is 2. The van der Waals surface area contributed by atoms with Crippen molar-refractivity contribution >= 4 is 0 Å². The van der Waals surface area contributed by atoms with Gasteiger partial charge in [-0.2, -0.15) is 0 Å². The molecule has 0 amide bonds. The number of hydrogen-bond acceptors (Lipinski definition) is 2. The quantitative estimate of drug-likeness (QED) is 0.741. The maximum absolute atomic E-state index is 12.8. The normalized spacial score (nSPS) is 10.1. The molecule has 0 atom stereocenters. The summed E-state index contributed by atoms with van der Waals surface area (Å²) in [7, 11) is 0.